The predicted octanol–water partition coefficient (Wildman–Crippen LogP) is 3.60. The molecule has 0 atom stereocenters. The molecule has 100 valence electrons. The van der Waals surface area contributed by atoms with Gasteiger partial charge in [0.2, 0.25) is 0 Å². The Bertz CT molecular complexity index is 829. The molecule has 6 heteroatoms. The van der Waals surface area contributed by atoms with Crippen molar-refractivity contribution in [2.24, 2.45) is 0 Å². The first-order chi connectivity index (χ1) is 9.58. The van der Waals surface area contributed by atoms with Crippen molar-refractivity contribution in [1.29, 1.82) is 0 Å². The molecule has 0 aliphatic heterocycles. The number of fused-ring (bicyclic) bond motifs is 1. The van der Waals surface area contributed by atoms with Crippen molar-refractivity contribution in [3.05, 3.63) is 58.6 Å². The Morgan fingerprint density at radius 3 is 2.70 bits per heavy atom. The first-order valence-corrected chi connectivity index (χ1v) is 6.53. The zero-order valence-corrected chi connectivity index (χ0v) is 11.6. The highest BCUT2D eigenvalue weighted by atomic mass is 79.9. The molecule has 0 saturated carbocycles. The Hall–Kier alpha value is -2.21. The van der Waals surface area contributed by atoms with Gasteiger partial charge in [-0.3, -0.25) is 4.40 Å². The molecule has 0 spiro atoms. The monoisotopic (exact) mass is 334 g/mol. The van der Waals surface area contributed by atoms with Crippen LogP contribution in [0.25, 0.3) is 16.9 Å². The number of carboxylic acid groups (broad SMARTS) is 1. The van der Waals surface area contributed by atoms with Gasteiger partial charge in [-0.15, -0.1) is 0 Å². The fourth-order valence-electron chi connectivity index (χ4n) is 2.05. The fourth-order valence-corrected chi connectivity index (χ4v) is 2.39. The second kappa shape index (κ2) is 4.72. The lowest BCUT2D eigenvalue weighted by Gasteiger charge is -2.03. The lowest BCUT2D eigenvalue weighted by Crippen LogP contribution is -1.97. The van der Waals surface area contributed by atoms with Gasteiger partial charge in [0.15, 0.2) is 5.69 Å². The van der Waals surface area contributed by atoms with E-state index in [0.29, 0.717) is 5.52 Å². The SMILES string of the molecule is O=C(O)c1nc(-c2ccccc2F)n2cc(Br)ccc12. The zero-order chi connectivity index (χ0) is 14.3. The molecule has 1 aromatic carbocycles. The van der Waals surface area contributed by atoms with E-state index in [1.54, 1.807) is 40.9 Å². The standard InChI is InChI=1S/C14H8BrFN2O2/c15-8-5-6-11-12(14(19)20)17-13(18(11)7-8)9-3-1-2-4-10(9)16/h1-7H,(H,19,20). The second-order valence-corrected chi connectivity index (χ2v) is 5.09. The maximum atomic E-state index is 13.9. The summed E-state index contributed by atoms with van der Waals surface area (Å²) in [6.45, 7) is 0. The van der Waals surface area contributed by atoms with Crippen LogP contribution in [0.2, 0.25) is 0 Å². The Kier molecular flexibility index (Phi) is 3.02. The van der Waals surface area contributed by atoms with Gasteiger partial charge in [-0.1, -0.05) is 12.1 Å². The smallest absolute Gasteiger partial charge is 0.356 e. The molecule has 0 unspecified atom stereocenters. The molecule has 3 rings (SSSR count). The Labute approximate surface area is 121 Å². The van der Waals surface area contributed by atoms with E-state index in [4.69, 9.17) is 0 Å². The van der Waals surface area contributed by atoms with Gasteiger partial charge in [-0.05, 0) is 40.2 Å². The van der Waals surface area contributed by atoms with Crippen molar-refractivity contribution in [3.63, 3.8) is 0 Å². The summed E-state index contributed by atoms with van der Waals surface area (Å²) in [5.41, 5.74) is 0.572. The average Bonchev–Trinajstić information content (AvgIpc) is 2.78. The van der Waals surface area contributed by atoms with Crippen LogP contribution in [0.15, 0.2) is 47.1 Å². The quantitative estimate of drug-likeness (QED) is 0.779. The summed E-state index contributed by atoms with van der Waals surface area (Å²) in [6, 6.07) is 9.48. The summed E-state index contributed by atoms with van der Waals surface area (Å²) in [5, 5.41) is 9.20. The van der Waals surface area contributed by atoms with Crippen LogP contribution in [0.1, 0.15) is 10.5 Å². The van der Waals surface area contributed by atoms with E-state index in [1.807, 2.05) is 0 Å². The minimum absolute atomic E-state index is 0.101. The maximum absolute atomic E-state index is 13.9. The van der Waals surface area contributed by atoms with Gasteiger partial charge in [0.25, 0.3) is 0 Å². The van der Waals surface area contributed by atoms with Crippen molar-refractivity contribution >= 4 is 27.4 Å². The van der Waals surface area contributed by atoms with Crippen molar-refractivity contribution in [1.82, 2.24) is 9.38 Å². The van der Waals surface area contributed by atoms with Crippen LogP contribution < -0.4 is 0 Å². The van der Waals surface area contributed by atoms with Crippen LogP contribution in [0.4, 0.5) is 4.39 Å². The molecule has 0 saturated heterocycles. The summed E-state index contributed by atoms with van der Waals surface area (Å²) < 4.78 is 16.2. The number of nitrogens with zero attached hydrogens (tertiary/aromatic N) is 2. The highest BCUT2D eigenvalue weighted by Crippen LogP contribution is 2.26. The number of halogens is 2. The van der Waals surface area contributed by atoms with E-state index < -0.39 is 11.8 Å². The number of hydrogen-bond acceptors (Lipinski definition) is 2. The predicted molar refractivity (Wildman–Crippen MR) is 75.2 cm³/mol. The average molecular weight is 335 g/mol. The first-order valence-electron chi connectivity index (χ1n) is 5.74. The Balaban J connectivity index is 2.39. The topological polar surface area (TPSA) is 54.6 Å². The fraction of sp³-hybridized carbons (Fsp3) is 0. The maximum Gasteiger partial charge on any atom is 0.356 e. The highest BCUT2D eigenvalue weighted by Gasteiger charge is 2.19. The number of rotatable bonds is 2. The molecule has 1 N–H and O–H groups in total. The van der Waals surface area contributed by atoms with Crippen molar-refractivity contribution in [3.8, 4) is 11.4 Å². The molecule has 0 aliphatic rings. The third kappa shape index (κ3) is 1.98. The number of carboxylic acids is 1. The number of carbonyl (C=O) groups is 1. The molecule has 2 heterocycles. The molecule has 20 heavy (non-hydrogen) atoms. The normalized spacial score (nSPS) is 10.9. The van der Waals surface area contributed by atoms with Crippen LogP contribution in [0, 0.1) is 5.82 Å². The van der Waals surface area contributed by atoms with E-state index in [-0.39, 0.29) is 17.1 Å². The Morgan fingerprint density at radius 1 is 1.25 bits per heavy atom. The van der Waals surface area contributed by atoms with E-state index in [9.17, 15) is 14.3 Å². The van der Waals surface area contributed by atoms with Gasteiger partial charge in [0.1, 0.15) is 11.6 Å². The highest BCUT2D eigenvalue weighted by molar-refractivity contribution is 9.10. The summed E-state index contributed by atoms with van der Waals surface area (Å²) >= 11 is 3.31. The van der Waals surface area contributed by atoms with Crippen molar-refractivity contribution < 1.29 is 14.3 Å². The van der Waals surface area contributed by atoms with Crippen molar-refractivity contribution in [2.45, 2.75) is 0 Å². The first kappa shape index (κ1) is 12.8. The van der Waals surface area contributed by atoms with Crippen LogP contribution in [0.5, 0.6) is 0 Å². The number of aromatic carboxylic acids is 1. The molecular weight excluding hydrogens is 327 g/mol. The molecule has 2 aromatic heterocycles. The second-order valence-electron chi connectivity index (χ2n) is 4.17. The van der Waals surface area contributed by atoms with Gasteiger partial charge < -0.3 is 5.11 Å². The molecule has 0 amide bonds. The summed E-state index contributed by atoms with van der Waals surface area (Å²) in [4.78, 5) is 15.3. The minimum Gasteiger partial charge on any atom is -0.476 e. The van der Waals surface area contributed by atoms with Gasteiger partial charge in [-0.25, -0.2) is 14.2 Å². The molecule has 0 fully saturated rings. The van der Waals surface area contributed by atoms with E-state index in [0.717, 1.165) is 4.47 Å². The lowest BCUT2D eigenvalue weighted by molar-refractivity contribution is 0.0693. The largest absolute Gasteiger partial charge is 0.476 e. The number of imidazole rings is 1. The molecule has 4 nitrogen and oxygen atoms in total. The number of aromatic nitrogens is 2. The molecule has 3 aromatic rings. The lowest BCUT2D eigenvalue weighted by atomic mass is 10.2. The zero-order valence-electron chi connectivity index (χ0n) is 10.0. The van der Waals surface area contributed by atoms with E-state index in [2.05, 4.69) is 20.9 Å². The number of hydrogen-bond donors (Lipinski definition) is 1. The molecular formula is C14H8BrFN2O2. The molecule has 0 radical (unpaired) electrons. The number of pyridine rings is 1. The van der Waals surface area contributed by atoms with E-state index >= 15 is 0 Å². The summed E-state index contributed by atoms with van der Waals surface area (Å²) in [5.74, 6) is -1.33. The van der Waals surface area contributed by atoms with Crippen molar-refractivity contribution in [2.75, 3.05) is 0 Å². The molecule has 0 bridgehead atoms. The minimum atomic E-state index is -1.15. The van der Waals surface area contributed by atoms with Crippen LogP contribution in [-0.2, 0) is 0 Å². The number of benzene rings is 1. The Morgan fingerprint density at radius 2 is 2.00 bits per heavy atom. The van der Waals surface area contributed by atoms with E-state index in [1.165, 1.54) is 6.07 Å². The van der Waals surface area contributed by atoms with Crippen LogP contribution in [-0.4, -0.2) is 20.5 Å². The van der Waals surface area contributed by atoms with Gasteiger partial charge >= 0.3 is 5.97 Å². The van der Waals surface area contributed by atoms with Crippen LogP contribution in [0.3, 0.4) is 0 Å². The third-order valence-electron chi connectivity index (χ3n) is 2.92. The van der Waals surface area contributed by atoms with Gasteiger partial charge in [-0.2, -0.15) is 0 Å². The summed E-state index contributed by atoms with van der Waals surface area (Å²) in [7, 11) is 0. The summed E-state index contributed by atoms with van der Waals surface area (Å²) in [6.07, 6.45) is 1.66. The van der Waals surface area contributed by atoms with Gasteiger partial charge in [0, 0.05) is 10.7 Å². The molecule has 0 aliphatic carbocycles. The van der Waals surface area contributed by atoms with Gasteiger partial charge in [0.05, 0.1) is 11.1 Å². The third-order valence-corrected chi connectivity index (χ3v) is 3.39. The van der Waals surface area contributed by atoms with Crippen LogP contribution >= 0.6 is 15.9 Å².